The van der Waals surface area contributed by atoms with Crippen molar-refractivity contribution >= 4 is 11.9 Å². The van der Waals surface area contributed by atoms with Crippen molar-refractivity contribution in [2.24, 2.45) is 5.41 Å². The average molecular weight is 294 g/mol. The molecule has 1 fully saturated rings. The van der Waals surface area contributed by atoms with Crippen molar-refractivity contribution in [2.45, 2.75) is 26.2 Å². The molecule has 1 saturated heterocycles. The van der Waals surface area contributed by atoms with E-state index >= 15 is 0 Å². The Bertz CT molecular complexity index is 398. The van der Waals surface area contributed by atoms with Crippen LogP contribution < -0.4 is 0 Å². The second kappa shape index (κ2) is 7.98. The Morgan fingerprint density at radius 1 is 1.33 bits per heavy atom. The molecule has 1 atom stereocenters. The first-order valence-electron chi connectivity index (χ1n) is 7.44. The number of hydrogen-bond donors (Lipinski definition) is 1. The van der Waals surface area contributed by atoms with Crippen LogP contribution in [0.25, 0.3) is 0 Å². The van der Waals surface area contributed by atoms with E-state index < -0.39 is 11.4 Å². The average Bonchev–Trinajstić information content (AvgIpc) is 2.46. The molecule has 118 valence electrons. The molecule has 0 aromatic heterocycles. The van der Waals surface area contributed by atoms with Crippen LogP contribution in [0.5, 0.6) is 0 Å². The predicted octanol–water partition coefficient (Wildman–Crippen LogP) is 1.76. The van der Waals surface area contributed by atoms with Crippen LogP contribution in [0.4, 0.5) is 0 Å². The highest BCUT2D eigenvalue weighted by Crippen LogP contribution is 2.33. The van der Waals surface area contributed by atoms with Crippen molar-refractivity contribution in [1.82, 2.24) is 9.80 Å². The molecule has 0 bridgehead atoms. The molecule has 0 radical (unpaired) electrons. The molecule has 0 saturated carbocycles. The standard InChI is InChI=1S/C16H26N2O3/c1-4-9-18(10-5-2)14(19)12-17-11-7-8-16(6-3,13-17)15(20)21/h4-5H,1-2,6-13H2,3H3,(H,20,21). The quantitative estimate of drug-likeness (QED) is 0.693. The van der Waals surface area contributed by atoms with Crippen LogP contribution in [0.15, 0.2) is 25.3 Å². The monoisotopic (exact) mass is 294 g/mol. The Balaban J connectivity index is 2.68. The largest absolute Gasteiger partial charge is 0.481 e. The first-order valence-corrected chi connectivity index (χ1v) is 7.44. The van der Waals surface area contributed by atoms with Gasteiger partial charge in [0.2, 0.25) is 5.91 Å². The molecule has 0 spiro atoms. The van der Waals surface area contributed by atoms with Gasteiger partial charge in [0.25, 0.3) is 0 Å². The highest BCUT2D eigenvalue weighted by Gasteiger charge is 2.41. The lowest BCUT2D eigenvalue weighted by atomic mass is 9.77. The Hall–Kier alpha value is -1.62. The topological polar surface area (TPSA) is 60.9 Å². The van der Waals surface area contributed by atoms with Crippen molar-refractivity contribution in [2.75, 3.05) is 32.7 Å². The number of aliphatic carboxylic acids is 1. The number of piperidine rings is 1. The van der Waals surface area contributed by atoms with Gasteiger partial charge in [0.05, 0.1) is 12.0 Å². The second-order valence-corrected chi connectivity index (χ2v) is 5.63. The van der Waals surface area contributed by atoms with Gasteiger partial charge in [0.15, 0.2) is 0 Å². The Labute approximate surface area is 126 Å². The predicted molar refractivity (Wildman–Crippen MR) is 83.0 cm³/mol. The maximum Gasteiger partial charge on any atom is 0.310 e. The maximum atomic E-state index is 12.3. The SMILES string of the molecule is C=CCN(CC=C)C(=O)CN1CCCC(CC)(C(=O)O)C1. The van der Waals surface area contributed by atoms with Gasteiger partial charge in [-0.3, -0.25) is 14.5 Å². The molecule has 1 rings (SSSR count). The van der Waals surface area contributed by atoms with Crippen LogP contribution in [0.1, 0.15) is 26.2 Å². The van der Waals surface area contributed by atoms with Gasteiger partial charge in [0, 0.05) is 19.6 Å². The van der Waals surface area contributed by atoms with Crippen molar-refractivity contribution in [3.63, 3.8) is 0 Å². The highest BCUT2D eigenvalue weighted by atomic mass is 16.4. The number of carbonyl (C=O) groups is 2. The molecular weight excluding hydrogens is 268 g/mol. The smallest absolute Gasteiger partial charge is 0.310 e. The zero-order chi connectivity index (χ0) is 15.9. The minimum Gasteiger partial charge on any atom is -0.481 e. The fourth-order valence-corrected chi connectivity index (χ4v) is 2.86. The van der Waals surface area contributed by atoms with E-state index in [9.17, 15) is 14.7 Å². The zero-order valence-corrected chi connectivity index (χ0v) is 12.9. The van der Waals surface area contributed by atoms with Crippen LogP contribution in [-0.2, 0) is 9.59 Å². The summed E-state index contributed by atoms with van der Waals surface area (Å²) in [5, 5.41) is 9.47. The summed E-state index contributed by atoms with van der Waals surface area (Å²) >= 11 is 0. The van der Waals surface area contributed by atoms with Gasteiger partial charge >= 0.3 is 5.97 Å². The molecule has 5 nitrogen and oxygen atoms in total. The molecule has 1 heterocycles. The van der Waals surface area contributed by atoms with E-state index in [-0.39, 0.29) is 12.5 Å². The van der Waals surface area contributed by atoms with Gasteiger partial charge in [-0.05, 0) is 25.8 Å². The van der Waals surface area contributed by atoms with Crippen molar-refractivity contribution in [3.05, 3.63) is 25.3 Å². The lowest BCUT2D eigenvalue weighted by Crippen LogP contribution is -2.50. The first-order chi connectivity index (χ1) is 9.99. The first kappa shape index (κ1) is 17.4. The minimum absolute atomic E-state index is 0.00732. The van der Waals surface area contributed by atoms with Gasteiger partial charge in [-0.1, -0.05) is 19.1 Å². The molecule has 1 aliphatic rings. The molecule has 1 unspecified atom stereocenters. The number of hydrogen-bond acceptors (Lipinski definition) is 3. The van der Waals surface area contributed by atoms with Gasteiger partial charge < -0.3 is 10.0 Å². The molecule has 1 aliphatic heterocycles. The van der Waals surface area contributed by atoms with Crippen LogP contribution in [0, 0.1) is 5.41 Å². The summed E-state index contributed by atoms with van der Waals surface area (Å²) in [6.07, 6.45) is 5.47. The fourth-order valence-electron chi connectivity index (χ4n) is 2.86. The van der Waals surface area contributed by atoms with Gasteiger partial charge in [-0.25, -0.2) is 0 Å². The number of likely N-dealkylation sites (tertiary alicyclic amines) is 1. The van der Waals surface area contributed by atoms with Crippen molar-refractivity contribution < 1.29 is 14.7 Å². The number of carbonyl (C=O) groups excluding carboxylic acids is 1. The maximum absolute atomic E-state index is 12.3. The van der Waals surface area contributed by atoms with Gasteiger partial charge in [-0.15, -0.1) is 13.2 Å². The van der Waals surface area contributed by atoms with Crippen molar-refractivity contribution in [1.29, 1.82) is 0 Å². The van der Waals surface area contributed by atoms with Gasteiger partial charge in [-0.2, -0.15) is 0 Å². The molecule has 0 aromatic carbocycles. The molecule has 0 aliphatic carbocycles. The van der Waals surface area contributed by atoms with E-state index in [1.165, 1.54) is 0 Å². The number of nitrogens with zero attached hydrogens (tertiary/aromatic N) is 2. The van der Waals surface area contributed by atoms with Gasteiger partial charge in [0.1, 0.15) is 0 Å². The van der Waals surface area contributed by atoms with Crippen LogP contribution >= 0.6 is 0 Å². The lowest BCUT2D eigenvalue weighted by Gasteiger charge is -2.39. The molecule has 1 amide bonds. The fraction of sp³-hybridized carbons (Fsp3) is 0.625. The third-order valence-corrected chi connectivity index (χ3v) is 4.20. The van der Waals surface area contributed by atoms with E-state index in [4.69, 9.17) is 0 Å². The Morgan fingerprint density at radius 2 is 1.95 bits per heavy atom. The van der Waals surface area contributed by atoms with E-state index in [1.807, 2.05) is 11.8 Å². The number of carboxylic acid groups (broad SMARTS) is 1. The number of rotatable bonds is 8. The van der Waals surface area contributed by atoms with Crippen LogP contribution in [0.3, 0.4) is 0 Å². The zero-order valence-electron chi connectivity index (χ0n) is 12.9. The molecule has 0 aromatic rings. The summed E-state index contributed by atoms with van der Waals surface area (Å²) < 4.78 is 0. The molecule has 5 heteroatoms. The summed E-state index contributed by atoms with van der Waals surface area (Å²) in [4.78, 5) is 27.5. The van der Waals surface area contributed by atoms with E-state index in [0.29, 0.717) is 32.5 Å². The molecular formula is C16H26N2O3. The number of amides is 1. The van der Waals surface area contributed by atoms with Crippen LogP contribution in [0.2, 0.25) is 0 Å². The Morgan fingerprint density at radius 3 is 2.43 bits per heavy atom. The number of carboxylic acids is 1. The third kappa shape index (κ3) is 4.43. The summed E-state index contributed by atoms with van der Waals surface area (Å²) in [6.45, 7) is 11.7. The molecule has 1 N–H and O–H groups in total. The minimum atomic E-state index is -0.754. The van der Waals surface area contributed by atoms with Crippen LogP contribution in [-0.4, -0.2) is 59.5 Å². The summed E-state index contributed by atoms with van der Waals surface area (Å²) in [5.41, 5.74) is -0.708. The summed E-state index contributed by atoms with van der Waals surface area (Å²) in [5.74, 6) is -0.761. The molecule has 21 heavy (non-hydrogen) atoms. The van der Waals surface area contributed by atoms with E-state index in [2.05, 4.69) is 13.2 Å². The van der Waals surface area contributed by atoms with E-state index in [0.717, 1.165) is 13.0 Å². The summed E-state index contributed by atoms with van der Waals surface area (Å²) in [7, 11) is 0. The van der Waals surface area contributed by atoms with Crippen molar-refractivity contribution in [3.8, 4) is 0 Å². The van der Waals surface area contributed by atoms with E-state index in [1.54, 1.807) is 17.1 Å². The highest BCUT2D eigenvalue weighted by molar-refractivity contribution is 5.79. The normalized spacial score (nSPS) is 22.5. The second-order valence-electron chi connectivity index (χ2n) is 5.63. The Kier molecular flexibility index (Phi) is 6.62. The third-order valence-electron chi connectivity index (χ3n) is 4.20. The summed E-state index contributed by atoms with van der Waals surface area (Å²) in [6, 6.07) is 0. The lowest BCUT2D eigenvalue weighted by molar-refractivity contribution is -0.154.